The normalized spacial score (nSPS) is 12.4. The molecule has 0 saturated heterocycles. The van der Waals surface area contributed by atoms with Gasteiger partial charge in [-0.05, 0) is 5.56 Å². The Morgan fingerprint density at radius 1 is 0.731 bits per heavy atom. The molecule has 1 amide bonds. The molecule has 132 valence electrons. The van der Waals surface area contributed by atoms with E-state index in [1.54, 1.807) is 14.1 Å². The Morgan fingerprint density at radius 3 is 1.50 bits per heavy atom. The largest absolute Gasteiger partial charge is 0.348 e. The highest BCUT2D eigenvalue weighted by molar-refractivity contribution is 7.79. The topological polar surface area (TPSA) is 37.4 Å². The number of carbonyl (C=O) groups is 1. The monoisotopic (exact) mass is 363 g/mol. The smallest absolute Gasteiger partial charge is 0.237 e. The molecule has 0 unspecified atom stereocenters. The molecule has 0 aliphatic rings. The summed E-state index contributed by atoms with van der Waals surface area (Å²) in [4.78, 5) is 14.7. The summed E-state index contributed by atoms with van der Waals surface area (Å²) in [6.45, 7) is 0. The Hall–Kier alpha value is -2.64. The average molecular weight is 363 g/mol. The molecule has 26 heavy (non-hydrogen) atoms. The molecule has 0 radical (unpaired) electrons. The number of rotatable bonds is 5. The van der Waals surface area contributed by atoms with Crippen molar-refractivity contribution in [1.82, 2.24) is 4.90 Å². The van der Waals surface area contributed by atoms with Crippen molar-refractivity contribution in [2.45, 2.75) is 5.66 Å². The SMILES string of the molecule is CN(C)C(=O)[C@H](c1ccccc1)P(=O)(c1ccccc1)c1ccccc1. The zero-order valence-corrected chi connectivity index (χ0v) is 15.8. The maximum Gasteiger partial charge on any atom is 0.237 e. The number of benzene rings is 3. The zero-order valence-electron chi connectivity index (χ0n) is 14.9. The lowest BCUT2D eigenvalue weighted by atomic mass is 10.1. The van der Waals surface area contributed by atoms with Crippen LogP contribution in [0, 0.1) is 0 Å². The second-order valence-electron chi connectivity index (χ2n) is 6.37. The second-order valence-corrected chi connectivity index (χ2v) is 9.24. The molecule has 0 heterocycles. The predicted octanol–water partition coefficient (Wildman–Crippen LogP) is 3.83. The van der Waals surface area contributed by atoms with Crippen LogP contribution in [0.15, 0.2) is 91.0 Å². The van der Waals surface area contributed by atoms with Gasteiger partial charge in [0.1, 0.15) is 5.66 Å². The van der Waals surface area contributed by atoms with E-state index < -0.39 is 12.8 Å². The zero-order chi connectivity index (χ0) is 18.6. The number of amides is 1. The lowest BCUT2D eigenvalue weighted by Gasteiger charge is -2.30. The fourth-order valence-electron chi connectivity index (χ4n) is 3.13. The second kappa shape index (κ2) is 7.72. The van der Waals surface area contributed by atoms with Crippen LogP contribution in [0.25, 0.3) is 0 Å². The van der Waals surface area contributed by atoms with Gasteiger partial charge in [0, 0.05) is 24.7 Å². The van der Waals surface area contributed by atoms with Gasteiger partial charge in [-0.1, -0.05) is 91.0 Å². The molecule has 3 aromatic carbocycles. The summed E-state index contributed by atoms with van der Waals surface area (Å²) in [7, 11) is 0.157. The molecule has 1 atom stereocenters. The number of carbonyl (C=O) groups excluding carboxylic acids is 1. The van der Waals surface area contributed by atoms with Gasteiger partial charge in [0.05, 0.1) is 0 Å². The molecule has 4 heteroatoms. The summed E-state index contributed by atoms with van der Waals surface area (Å²) in [5.74, 6) is -0.160. The van der Waals surface area contributed by atoms with Gasteiger partial charge in [0.25, 0.3) is 0 Å². The highest BCUT2D eigenvalue weighted by atomic mass is 31.2. The van der Waals surface area contributed by atoms with Gasteiger partial charge >= 0.3 is 0 Å². The maximum atomic E-state index is 14.6. The molecule has 3 nitrogen and oxygen atoms in total. The van der Waals surface area contributed by atoms with Crippen LogP contribution in [0.3, 0.4) is 0 Å². The first-order valence-corrected chi connectivity index (χ1v) is 10.3. The van der Waals surface area contributed by atoms with Gasteiger partial charge in [0.15, 0.2) is 7.14 Å². The summed E-state index contributed by atoms with van der Waals surface area (Å²) in [6.07, 6.45) is 0. The lowest BCUT2D eigenvalue weighted by Crippen LogP contribution is -2.33. The molecule has 0 bridgehead atoms. The van der Waals surface area contributed by atoms with Crippen molar-refractivity contribution in [3.8, 4) is 0 Å². The Morgan fingerprint density at radius 2 is 1.12 bits per heavy atom. The van der Waals surface area contributed by atoms with Crippen LogP contribution >= 0.6 is 7.14 Å². The van der Waals surface area contributed by atoms with Crippen molar-refractivity contribution in [3.05, 3.63) is 96.6 Å². The van der Waals surface area contributed by atoms with Crippen LogP contribution in [0.2, 0.25) is 0 Å². The summed E-state index contributed by atoms with van der Waals surface area (Å²) in [6, 6.07) is 28.1. The van der Waals surface area contributed by atoms with Crippen LogP contribution in [-0.4, -0.2) is 24.9 Å². The number of hydrogen-bond donors (Lipinski definition) is 0. The molecule has 0 spiro atoms. The van der Waals surface area contributed by atoms with E-state index in [1.165, 1.54) is 4.90 Å². The molecule has 0 fully saturated rings. The standard InChI is InChI=1S/C22H22NO2P/c1-23(2)22(24)21(18-12-6-3-7-13-18)26(25,19-14-8-4-9-15-19)20-16-10-5-11-17-20/h3-17,21H,1-2H3/t21-/m0/s1. The van der Waals surface area contributed by atoms with Crippen LogP contribution < -0.4 is 10.6 Å². The minimum atomic E-state index is -3.26. The van der Waals surface area contributed by atoms with Gasteiger partial charge in [0.2, 0.25) is 5.91 Å². The van der Waals surface area contributed by atoms with E-state index >= 15 is 0 Å². The van der Waals surface area contributed by atoms with E-state index in [-0.39, 0.29) is 5.91 Å². The van der Waals surface area contributed by atoms with E-state index in [4.69, 9.17) is 0 Å². The summed E-state index contributed by atoms with van der Waals surface area (Å²) in [5, 5.41) is 1.38. The van der Waals surface area contributed by atoms with Crippen molar-refractivity contribution in [2.75, 3.05) is 14.1 Å². The van der Waals surface area contributed by atoms with Crippen molar-refractivity contribution >= 4 is 23.7 Å². The third-order valence-electron chi connectivity index (χ3n) is 4.43. The van der Waals surface area contributed by atoms with Gasteiger partial charge in [-0.3, -0.25) is 4.79 Å². The van der Waals surface area contributed by atoms with Crippen molar-refractivity contribution in [1.29, 1.82) is 0 Å². The molecule has 0 aliphatic carbocycles. The molecule has 0 aromatic heterocycles. The number of hydrogen-bond acceptors (Lipinski definition) is 2. The van der Waals surface area contributed by atoms with Crippen molar-refractivity contribution in [3.63, 3.8) is 0 Å². The fourth-order valence-corrected chi connectivity index (χ4v) is 6.39. The number of nitrogens with zero attached hydrogens (tertiary/aromatic N) is 1. The Balaban J connectivity index is 2.31. The van der Waals surface area contributed by atoms with E-state index in [2.05, 4.69) is 0 Å². The number of likely N-dealkylation sites (N-methyl/N-ethyl adjacent to an activating group) is 1. The highest BCUT2D eigenvalue weighted by Crippen LogP contribution is 2.57. The molecular formula is C22H22NO2P. The summed E-state index contributed by atoms with van der Waals surface area (Å²) >= 11 is 0. The fraction of sp³-hybridized carbons (Fsp3) is 0.136. The first-order chi connectivity index (χ1) is 12.5. The first kappa shape index (κ1) is 18.2. The minimum absolute atomic E-state index is 0.160. The Labute approximate surface area is 154 Å². The predicted molar refractivity (Wildman–Crippen MR) is 108 cm³/mol. The third kappa shape index (κ3) is 3.36. The molecular weight excluding hydrogens is 341 g/mol. The van der Waals surface area contributed by atoms with E-state index in [9.17, 15) is 9.36 Å². The van der Waals surface area contributed by atoms with Gasteiger partial charge in [-0.15, -0.1) is 0 Å². The van der Waals surface area contributed by atoms with Crippen LogP contribution in [-0.2, 0) is 9.36 Å². The lowest BCUT2D eigenvalue weighted by molar-refractivity contribution is -0.128. The van der Waals surface area contributed by atoms with Gasteiger partial charge < -0.3 is 9.46 Å². The quantitative estimate of drug-likeness (QED) is 0.646. The molecule has 0 N–H and O–H groups in total. The average Bonchev–Trinajstić information content (AvgIpc) is 2.70. The molecule has 3 aromatic rings. The van der Waals surface area contributed by atoms with Gasteiger partial charge in [-0.2, -0.15) is 0 Å². The molecule has 3 rings (SSSR count). The summed E-state index contributed by atoms with van der Waals surface area (Å²) in [5.41, 5.74) is 0.00531. The van der Waals surface area contributed by atoms with E-state index in [0.717, 1.165) is 5.56 Å². The Kier molecular flexibility index (Phi) is 5.39. The molecule has 0 aliphatic heterocycles. The van der Waals surface area contributed by atoms with Crippen LogP contribution in [0.5, 0.6) is 0 Å². The van der Waals surface area contributed by atoms with E-state index in [1.807, 2.05) is 91.0 Å². The minimum Gasteiger partial charge on any atom is -0.348 e. The summed E-state index contributed by atoms with van der Waals surface area (Å²) < 4.78 is 14.6. The van der Waals surface area contributed by atoms with Crippen molar-refractivity contribution < 1.29 is 9.36 Å². The first-order valence-electron chi connectivity index (χ1n) is 8.52. The highest BCUT2D eigenvalue weighted by Gasteiger charge is 2.43. The van der Waals surface area contributed by atoms with Crippen LogP contribution in [0.1, 0.15) is 11.2 Å². The van der Waals surface area contributed by atoms with Crippen LogP contribution in [0.4, 0.5) is 0 Å². The third-order valence-corrected chi connectivity index (χ3v) is 7.81. The van der Waals surface area contributed by atoms with E-state index in [0.29, 0.717) is 10.6 Å². The molecule has 0 saturated carbocycles. The van der Waals surface area contributed by atoms with Gasteiger partial charge in [-0.25, -0.2) is 0 Å². The maximum absolute atomic E-state index is 14.6. The Bertz CT molecular complexity index is 865. The van der Waals surface area contributed by atoms with Crippen molar-refractivity contribution in [2.24, 2.45) is 0 Å².